The maximum absolute atomic E-state index is 9.24. The third kappa shape index (κ3) is 1.75. The van der Waals surface area contributed by atoms with Gasteiger partial charge in [0.25, 0.3) is 0 Å². The van der Waals surface area contributed by atoms with Crippen LogP contribution in [0.4, 0.5) is 0 Å². The predicted molar refractivity (Wildman–Crippen MR) is 39.1 cm³/mol. The molecule has 0 spiro atoms. The first-order valence-corrected chi connectivity index (χ1v) is 3.57. The van der Waals surface area contributed by atoms with Gasteiger partial charge in [0.1, 0.15) is 12.2 Å². The molecule has 3 atom stereocenters. The van der Waals surface area contributed by atoms with Gasteiger partial charge in [0, 0.05) is 0 Å². The molecule has 0 radical (unpaired) electrons. The molecule has 1 aliphatic rings. The number of aliphatic hydroxyl groups excluding tert-OH is 3. The molecular weight excluding hydrogens is 164 g/mol. The second kappa shape index (κ2) is 3.86. The van der Waals surface area contributed by atoms with E-state index in [1.165, 1.54) is 13.2 Å². The van der Waals surface area contributed by atoms with Crippen LogP contribution in [0, 0.1) is 0 Å². The zero-order valence-corrected chi connectivity index (χ0v) is 6.67. The zero-order chi connectivity index (χ0) is 9.14. The fourth-order valence-corrected chi connectivity index (χ4v) is 0.991. The van der Waals surface area contributed by atoms with E-state index in [4.69, 9.17) is 19.7 Å². The fraction of sp³-hybridized carbons (Fsp3) is 0.714. The van der Waals surface area contributed by atoms with Gasteiger partial charge in [0.15, 0.2) is 5.76 Å². The number of ether oxygens (including phenoxy) is 2. The third-order valence-corrected chi connectivity index (χ3v) is 1.68. The van der Waals surface area contributed by atoms with E-state index >= 15 is 0 Å². The lowest BCUT2D eigenvalue weighted by atomic mass is 10.1. The number of aliphatic hydroxyl groups is 3. The van der Waals surface area contributed by atoms with Crippen molar-refractivity contribution in [2.24, 2.45) is 0 Å². The summed E-state index contributed by atoms with van der Waals surface area (Å²) in [7, 11) is 1.37. The van der Waals surface area contributed by atoms with Gasteiger partial charge in [-0.05, 0) is 6.08 Å². The van der Waals surface area contributed by atoms with E-state index in [-0.39, 0.29) is 12.4 Å². The van der Waals surface area contributed by atoms with Crippen molar-refractivity contribution in [2.45, 2.75) is 18.5 Å². The van der Waals surface area contributed by atoms with Crippen molar-refractivity contribution in [2.75, 3.05) is 13.7 Å². The maximum atomic E-state index is 9.24. The lowest BCUT2D eigenvalue weighted by molar-refractivity contribution is -0.178. The van der Waals surface area contributed by atoms with Crippen LogP contribution in [0.25, 0.3) is 0 Å². The first-order valence-electron chi connectivity index (χ1n) is 3.57. The van der Waals surface area contributed by atoms with Crippen molar-refractivity contribution in [1.29, 1.82) is 0 Å². The summed E-state index contributed by atoms with van der Waals surface area (Å²) in [5.74, 6) is 0.159. The molecule has 3 N–H and O–H groups in total. The standard InChI is InChI=1S/C7H12O5/c1-11-5-2-4(9)6(3-8)12-7(5)10/h2,4,6-10H,3H2,1H3. The molecule has 12 heavy (non-hydrogen) atoms. The summed E-state index contributed by atoms with van der Waals surface area (Å²) < 4.78 is 9.52. The number of hydrogen-bond acceptors (Lipinski definition) is 5. The van der Waals surface area contributed by atoms with Crippen LogP contribution in [0.2, 0.25) is 0 Å². The highest BCUT2D eigenvalue weighted by atomic mass is 16.6. The molecule has 1 heterocycles. The third-order valence-electron chi connectivity index (χ3n) is 1.68. The molecule has 1 aliphatic heterocycles. The molecule has 0 aliphatic carbocycles. The van der Waals surface area contributed by atoms with Crippen molar-refractivity contribution in [3.05, 3.63) is 11.8 Å². The molecule has 0 aromatic carbocycles. The van der Waals surface area contributed by atoms with Crippen molar-refractivity contribution in [3.63, 3.8) is 0 Å². The van der Waals surface area contributed by atoms with Gasteiger partial charge in [-0.2, -0.15) is 0 Å². The summed E-state index contributed by atoms with van der Waals surface area (Å²) in [6.07, 6.45) is -1.60. The zero-order valence-electron chi connectivity index (χ0n) is 6.67. The lowest BCUT2D eigenvalue weighted by Crippen LogP contribution is -2.40. The van der Waals surface area contributed by atoms with Gasteiger partial charge in [-0.3, -0.25) is 0 Å². The highest BCUT2D eigenvalue weighted by Crippen LogP contribution is 2.17. The average molecular weight is 176 g/mol. The van der Waals surface area contributed by atoms with Crippen molar-refractivity contribution in [3.8, 4) is 0 Å². The highest BCUT2D eigenvalue weighted by Gasteiger charge is 2.29. The second-order valence-corrected chi connectivity index (χ2v) is 2.47. The van der Waals surface area contributed by atoms with Crippen molar-refractivity contribution >= 4 is 0 Å². The Morgan fingerprint density at radius 1 is 1.58 bits per heavy atom. The minimum Gasteiger partial charge on any atom is -0.496 e. The van der Waals surface area contributed by atoms with Gasteiger partial charge >= 0.3 is 0 Å². The molecule has 0 saturated carbocycles. The second-order valence-electron chi connectivity index (χ2n) is 2.47. The summed E-state index contributed by atoms with van der Waals surface area (Å²) in [5, 5.41) is 27.1. The highest BCUT2D eigenvalue weighted by molar-refractivity contribution is 5.06. The Hall–Kier alpha value is -0.620. The maximum Gasteiger partial charge on any atom is 0.214 e. The van der Waals surface area contributed by atoms with Crippen LogP contribution in [-0.4, -0.2) is 47.5 Å². The van der Waals surface area contributed by atoms with Crippen LogP contribution < -0.4 is 0 Å². The van der Waals surface area contributed by atoms with E-state index in [1.807, 2.05) is 0 Å². The first kappa shape index (κ1) is 9.47. The van der Waals surface area contributed by atoms with Gasteiger partial charge in [0.05, 0.1) is 13.7 Å². The predicted octanol–water partition coefficient (Wildman–Crippen LogP) is -1.41. The van der Waals surface area contributed by atoms with Crippen LogP contribution in [0.5, 0.6) is 0 Å². The Balaban J connectivity index is 2.69. The molecule has 5 nitrogen and oxygen atoms in total. The van der Waals surface area contributed by atoms with E-state index in [0.717, 1.165) is 0 Å². The molecule has 3 unspecified atom stereocenters. The Morgan fingerprint density at radius 3 is 2.75 bits per heavy atom. The van der Waals surface area contributed by atoms with Gasteiger partial charge < -0.3 is 24.8 Å². The Kier molecular flexibility index (Phi) is 3.05. The van der Waals surface area contributed by atoms with Gasteiger partial charge in [-0.1, -0.05) is 0 Å². The number of rotatable bonds is 2. The van der Waals surface area contributed by atoms with E-state index in [0.29, 0.717) is 0 Å². The fourth-order valence-electron chi connectivity index (χ4n) is 0.991. The van der Waals surface area contributed by atoms with Crippen LogP contribution in [0.1, 0.15) is 0 Å². The van der Waals surface area contributed by atoms with Gasteiger partial charge in [-0.25, -0.2) is 0 Å². The number of methoxy groups -OCH3 is 1. The topological polar surface area (TPSA) is 79.2 Å². The SMILES string of the molecule is COC1=CC(O)C(CO)OC1O. The summed E-state index contributed by atoms with van der Waals surface area (Å²) in [4.78, 5) is 0. The average Bonchev–Trinajstić information content (AvgIpc) is 2.08. The molecule has 0 amide bonds. The number of hydrogen-bond donors (Lipinski definition) is 3. The Bertz CT molecular complexity index is 179. The summed E-state index contributed by atoms with van der Waals surface area (Å²) in [6.45, 7) is -0.342. The molecule has 0 saturated heterocycles. The molecule has 0 aromatic heterocycles. The van der Waals surface area contributed by atoms with E-state index in [1.54, 1.807) is 0 Å². The van der Waals surface area contributed by atoms with Crippen LogP contribution in [0.15, 0.2) is 11.8 Å². The van der Waals surface area contributed by atoms with E-state index in [2.05, 4.69) is 0 Å². The molecular formula is C7H12O5. The smallest absolute Gasteiger partial charge is 0.214 e. The molecule has 0 aromatic rings. The summed E-state index contributed by atoms with van der Waals surface area (Å²) in [5.41, 5.74) is 0. The Morgan fingerprint density at radius 2 is 2.25 bits per heavy atom. The lowest BCUT2D eigenvalue weighted by Gasteiger charge is -2.28. The first-order chi connectivity index (χ1) is 5.69. The Labute approximate surface area is 69.8 Å². The molecule has 70 valence electrons. The molecule has 1 rings (SSSR count). The van der Waals surface area contributed by atoms with Crippen LogP contribution >= 0.6 is 0 Å². The van der Waals surface area contributed by atoms with E-state index in [9.17, 15) is 5.11 Å². The van der Waals surface area contributed by atoms with Crippen molar-refractivity contribution in [1.82, 2.24) is 0 Å². The minimum absolute atomic E-state index is 0.159. The molecule has 5 heteroatoms. The molecule has 0 fully saturated rings. The molecule has 0 bridgehead atoms. The quantitative estimate of drug-likeness (QED) is 0.481. The summed E-state index contributed by atoms with van der Waals surface area (Å²) in [6, 6.07) is 0. The monoisotopic (exact) mass is 176 g/mol. The van der Waals surface area contributed by atoms with E-state index < -0.39 is 18.5 Å². The van der Waals surface area contributed by atoms with Crippen LogP contribution in [-0.2, 0) is 9.47 Å². The van der Waals surface area contributed by atoms with Crippen molar-refractivity contribution < 1.29 is 24.8 Å². The van der Waals surface area contributed by atoms with Gasteiger partial charge in [0.2, 0.25) is 6.29 Å². The normalized spacial score (nSPS) is 36.0. The minimum atomic E-state index is -1.20. The largest absolute Gasteiger partial charge is 0.496 e. The summed E-state index contributed by atoms with van der Waals surface area (Å²) >= 11 is 0. The van der Waals surface area contributed by atoms with Crippen LogP contribution in [0.3, 0.4) is 0 Å². The van der Waals surface area contributed by atoms with Gasteiger partial charge in [-0.15, -0.1) is 0 Å².